The van der Waals surface area contributed by atoms with E-state index >= 15 is 0 Å². The van der Waals surface area contributed by atoms with Crippen LogP contribution in [0.15, 0.2) is 46.4 Å². The van der Waals surface area contributed by atoms with Gasteiger partial charge in [-0.2, -0.15) is 5.10 Å². The fraction of sp³-hybridized carbons (Fsp3) is 0.440. The number of rotatable bonds is 12. The number of aryl methyl sites for hydroxylation is 3. The highest BCUT2D eigenvalue weighted by atomic mass is 16.2. The third-order valence-electron chi connectivity index (χ3n) is 6.03. The van der Waals surface area contributed by atoms with Crippen LogP contribution in [0.5, 0.6) is 0 Å². The maximum Gasteiger partial charge on any atom is 0.330 e. The molecule has 0 aliphatic rings. The van der Waals surface area contributed by atoms with Crippen molar-refractivity contribution in [2.24, 2.45) is 0 Å². The van der Waals surface area contributed by atoms with E-state index in [1.807, 2.05) is 17.6 Å². The topological polar surface area (TPSA) is 132 Å². The van der Waals surface area contributed by atoms with Gasteiger partial charge in [0.1, 0.15) is 5.82 Å². The van der Waals surface area contributed by atoms with Gasteiger partial charge in [0.25, 0.3) is 5.56 Å². The zero-order valence-electron chi connectivity index (χ0n) is 20.7. The third-order valence-corrected chi connectivity index (χ3v) is 6.03. The summed E-state index contributed by atoms with van der Waals surface area (Å²) >= 11 is 0. The van der Waals surface area contributed by atoms with Gasteiger partial charge in [0.2, 0.25) is 5.91 Å². The second kappa shape index (κ2) is 11.6. The summed E-state index contributed by atoms with van der Waals surface area (Å²) in [5.74, 6) is 1.09. The average Bonchev–Trinajstić information content (AvgIpc) is 3.52. The van der Waals surface area contributed by atoms with Crippen molar-refractivity contribution in [2.45, 2.75) is 71.9 Å². The fourth-order valence-corrected chi connectivity index (χ4v) is 4.14. The first-order valence-corrected chi connectivity index (χ1v) is 12.5. The van der Waals surface area contributed by atoms with E-state index in [0.29, 0.717) is 48.0 Å². The van der Waals surface area contributed by atoms with Crippen LogP contribution in [-0.4, -0.2) is 39.8 Å². The molecule has 0 aliphatic heterocycles. The fourth-order valence-electron chi connectivity index (χ4n) is 4.14. The maximum absolute atomic E-state index is 12.8. The molecule has 0 atom stereocenters. The van der Waals surface area contributed by atoms with Gasteiger partial charge in [-0.1, -0.05) is 33.1 Å². The number of carbonyl (C=O) groups excluding carboxylic acids is 1. The lowest BCUT2D eigenvalue weighted by atomic mass is 10.2. The van der Waals surface area contributed by atoms with E-state index < -0.39 is 11.2 Å². The number of fused-ring (bicyclic) bond motifs is 1. The quantitative estimate of drug-likeness (QED) is 0.292. The lowest BCUT2D eigenvalue weighted by Gasteiger charge is -2.09. The monoisotopic (exact) mass is 492 g/mol. The number of imidazole rings is 1. The Balaban J connectivity index is 1.53. The summed E-state index contributed by atoms with van der Waals surface area (Å²) < 4.78 is 5.04. The van der Waals surface area contributed by atoms with Crippen molar-refractivity contribution in [2.75, 3.05) is 5.32 Å². The van der Waals surface area contributed by atoms with Crippen molar-refractivity contribution in [3.05, 3.63) is 63.5 Å². The molecule has 4 heterocycles. The summed E-state index contributed by atoms with van der Waals surface area (Å²) in [6.45, 7) is 5.25. The lowest BCUT2D eigenvalue weighted by molar-refractivity contribution is -0.116. The predicted octanol–water partition coefficient (Wildman–Crippen LogP) is 3.03. The molecule has 11 heteroatoms. The van der Waals surface area contributed by atoms with Crippen molar-refractivity contribution in [1.82, 2.24) is 33.9 Å². The highest BCUT2D eigenvalue weighted by Crippen LogP contribution is 2.16. The average molecular weight is 493 g/mol. The van der Waals surface area contributed by atoms with Crippen LogP contribution in [0.2, 0.25) is 0 Å². The summed E-state index contributed by atoms with van der Waals surface area (Å²) in [4.78, 5) is 49.4. The van der Waals surface area contributed by atoms with Crippen LogP contribution in [0.25, 0.3) is 17.0 Å². The largest absolute Gasteiger partial charge is 0.330 e. The molecule has 4 aromatic rings. The number of amides is 1. The Morgan fingerprint density at radius 2 is 1.86 bits per heavy atom. The number of aromatic amines is 1. The number of nitrogens with zero attached hydrogens (tertiary/aromatic N) is 6. The second-order valence-electron chi connectivity index (χ2n) is 8.73. The van der Waals surface area contributed by atoms with Gasteiger partial charge in [0, 0.05) is 38.3 Å². The van der Waals surface area contributed by atoms with Crippen LogP contribution in [0.3, 0.4) is 0 Å². The van der Waals surface area contributed by atoms with Crippen molar-refractivity contribution in [3.8, 4) is 5.82 Å². The van der Waals surface area contributed by atoms with E-state index in [0.717, 1.165) is 32.1 Å². The van der Waals surface area contributed by atoms with Crippen LogP contribution in [-0.2, 0) is 24.3 Å². The molecule has 4 aromatic heterocycles. The second-order valence-corrected chi connectivity index (χ2v) is 8.73. The Bertz CT molecular complexity index is 1410. The molecule has 36 heavy (non-hydrogen) atoms. The van der Waals surface area contributed by atoms with Gasteiger partial charge in [0.05, 0.1) is 11.9 Å². The minimum Gasteiger partial charge on any atom is -0.325 e. The van der Waals surface area contributed by atoms with E-state index in [-0.39, 0.29) is 12.3 Å². The molecule has 0 saturated carbocycles. The van der Waals surface area contributed by atoms with Gasteiger partial charge in [-0.3, -0.25) is 19.1 Å². The summed E-state index contributed by atoms with van der Waals surface area (Å²) in [5, 5.41) is 7.00. The number of nitrogens with one attached hydrogen (secondary N) is 2. The van der Waals surface area contributed by atoms with Gasteiger partial charge in [-0.25, -0.2) is 19.4 Å². The van der Waals surface area contributed by atoms with Crippen molar-refractivity contribution in [1.29, 1.82) is 0 Å². The van der Waals surface area contributed by atoms with Crippen molar-refractivity contribution >= 4 is 22.8 Å². The molecule has 2 N–H and O–H groups in total. The number of pyridine rings is 1. The van der Waals surface area contributed by atoms with E-state index in [4.69, 9.17) is 0 Å². The summed E-state index contributed by atoms with van der Waals surface area (Å²) in [6.07, 6.45) is 10.2. The number of unbranched alkanes of at least 4 members (excludes halogenated alkanes) is 3. The number of H-pyrrole nitrogens is 1. The molecule has 0 fully saturated rings. The van der Waals surface area contributed by atoms with Gasteiger partial charge < -0.3 is 9.88 Å². The highest BCUT2D eigenvalue weighted by Gasteiger charge is 2.19. The molecule has 4 rings (SSSR count). The first kappa shape index (κ1) is 25.1. The molecular formula is C25H32N8O3. The summed E-state index contributed by atoms with van der Waals surface area (Å²) in [7, 11) is 0. The van der Waals surface area contributed by atoms with Crippen molar-refractivity contribution in [3.63, 3.8) is 0 Å². The molecule has 0 aliphatic carbocycles. The minimum atomic E-state index is -0.450. The molecule has 0 saturated heterocycles. The van der Waals surface area contributed by atoms with Crippen molar-refractivity contribution < 1.29 is 4.79 Å². The van der Waals surface area contributed by atoms with E-state index in [1.54, 1.807) is 35.4 Å². The van der Waals surface area contributed by atoms with Crippen LogP contribution < -0.4 is 16.6 Å². The number of aromatic nitrogens is 7. The smallest absolute Gasteiger partial charge is 0.325 e. The number of hydrogen-bond acceptors (Lipinski definition) is 6. The molecule has 0 bridgehead atoms. The standard InChI is InChI=1S/C25H32N8O3/c1-3-5-7-15-31-20(29-23-22(31)24(35)30-25(36)32(23)14-6-4-2)11-12-21(34)28-18-9-10-19(26-17-18)33-16-8-13-27-33/h8-10,13,16-17H,3-7,11-12,14-15H2,1-2H3,(H,28,34)(H,30,35,36). The van der Waals surface area contributed by atoms with E-state index in [2.05, 4.69) is 32.3 Å². The molecular weight excluding hydrogens is 460 g/mol. The Morgan fingerprint density at radius 1 is 1.06 bits per heavy atom. The number of carbonyl (C=O) groups is 1. The first-order chi connectivity index (χ1) is 17.5. The molecule has 0 unspecified atom stereocenters. The molecule has 0 spiro atoms. The molecule has 0 aromatic carbocycles. The number of hydrogen-bond donors (Lipinski definition) is 2. The zero-order valence-corrected chi connectivity index (χ0v) is 20.7. The SMILES string of the molecule is CCCCCn1c(CCC(=O)Nc2ccc(-n3cccn3)nc2)nc2c1c(=O)[nH]c(=O)n2CCCC. The summed E-state index contributed by atoms with van der Waals surface area (Å²) in [6, 6.07) is 5.36. The van der Waals surface area contributed by atoms with E-state index in [9.17, 15) is 14.4 Å². The zero-order chi connectivity index (χ0) is 25.5. The Hall–Kier alpha value is -4.02. The molecule has 0 radical (unpaired) electrons. The van der Waals surface area contributed by atoms with Crippen LogP contribution in [0.1, 0.15) is 58.2 Å². The lowest BCUT2D eigenvalue weighted by Crippen LogP contribution is -2.31. The third kappa shape index (κ3) is 5.61. The molecule has 1 amide bonds. The number of anilines is 1. The first-order valence-electron chi connectivity index (χ1n) is 12.5. The van der Waals surface area contributed by atoms with Gasteiger partial charge >= 0.3 is 5.69 Å². The molecule has 11 nitrogen and oxygen atoms in total. The predicted molar refractivity (Wildman–Crippen MR) is 137 cm³/mol. The van der Waals surface area contributed by atoms with Gasteiger partial charge in [0.15, 0.2) is 17.0 Å². The van der Waals surface area contributed by atoms with Gasteiger partial charge in [-0.05, 0) is 31.0 Å². The minimum absolute atomic E-state index is 0.176. The summed E-state index contributed by atoms with van der Waals surface area (Å²) in [5.41, 5.74) is 0.482. The highest BCUT2D eigenvalue weighted by molar-refractivity contribution is 5.90. The maximum atomic E-state index is 12.8. The molecule has 190 valence electrons. The Kier molecular flexibility index (Phi) is 8.09. The van der Waals surface area contributed by atoms with E-state index in [1.165, 1.54) is 4.57 Å². The van der Waals surface area contributed by atoms with Crippen LogP contribution >= 0.6 is 0 Å². The van der Waals surface area contributed by atoms with Crippen LogP contribution in [0.4, 0.5) is 5.69 Å². The normalized spacial score (nSPS) is 11.3. The van der Waals surface area contributed by atoms with Gasteiger partial charge in [-0.15, -0.1) is 0 Å². The van der Waals surface area contributed by atoms with Crippen LogP contribution in [0, 0.1) is 0 Å². The Labute approximate surface area is 208 Å². The Morgan fingerprint density at radius 3 is 2.56 bits per heavy atom.